The molecule has 1 aliphatic heterocycles. The zero-order valence-corrected chi connectivity index (χ0v) is 25.7. The Morgan fingerprint density at radius 3 is 2.66 bits per heavy atom. The molecule has 0 radical (unpaired) electrons. The number of pyridine rings is 1. The van der Waals surface area contributed by atoms with Crippen LogP contribution < -0.4 is 10.2 Å². The van der Waals surface area contributed by atoms with E-state index in [9.17, 15) is 18.4 Å². The van der Waals surface area contributed by atoms with Gasteiger partial charge in [0.15, 0.2) is 0 Å². The molecule has 2 unspecified atom stereocenters. The third-order valence-corrected chi connectivity index (χ3v) is 8.34. The fraction of sp³-hybridized carbons (Fsp3) is 0.452. The van der Waals surface area contributed by atoms with Crippen molar-refractivity contribution in [3.8, 4) is 0 Å². The second-order valence-corrected chi connectivity index (χ2v) is 11.7. The van der Waals surface area contributed by atoms with Gasteiger partial charge in [0.2, 0.25) is 6.36 Å². The van der Waals surface area contributed by atoms with Crippen LogP contribution in [0, 0.1) is 12.7 Å². The first-order valence-corrected chi connectivity index (χ1v) is 15.3. The number of benzene rings is 2. The van der Waals surface area contributed by atoms with Gasteiger partial charge in [-0.2, -0.15) is 0 Å². The maximum atomic E-state index is 14.4. The lowest BCUT2D eigenvalue weighted by Crippen LogP contribution is -2.33. The number of hydrogen-bond acceptors (Lipinski definition) is 5. The maximum absolute atomic E-state index is 14.4. The molecule has 1 N–H and O–H groups in total. The molecule has 6 nitrogen and oxygen atoms in total. The fourth-order valence-corrected chi connectivity index (χ4v) is 5.95. The topological polar surface area (TPSA) is 71.5 Å². The summed E-state index contributed by atoms with van der Waals surface area (Å²) < 4.78 is 33.9. The monoisotopic (exact) mass is 649 g/mol. The maximum Gasteiger partial charge on any atom is 0.308 e. The number of carbonyl (C=O) groups is 2. The van der Waals surface area contributed by atoms with Gasteiger partial charge in [-0.1, -0.05) is 46.6 Å². The molecular weight excluding hydrogens is 616 g/mol. The highest BCUT2D eigenvalue weighted by Gasteiger charge is 2.25. The van der Waals surface area contributed by atoms with E-state index in [4.69, 9.17) is 21.3 Å². The van der Waals surface area contributed by atoms with Crippen LogP contribution in [0.3, 0.4) is 0 Å². The van der Waals surface area contributed by atoms with Crippen LogP contribution in [0.2, 0.25) is 5.02 Å². The van der Waals surface area contributed by atoms with E-state index >= 15 is 0 Å². The highest BCUT2D eigenvalue weighted by atomic mass is 79.9. The van der Waals surface area contributed by atoms with Gasteiger partial charge in [-0.3, -0.25) is 9.59 Å². The summed E-state index contributed by atoms with van der Waals surface area (Å²) in [6, 6.07) is 10.1. The summed E-state index contributed by atoms with van der Waals surface area (Å²) in [7, 11) is 0. The van der Waals surface area contributed by atoms with Crippen molar-refractivity contribution in [2.24, 2.45) is 0 Å². The molecule has 2 atom stereocenters. The van der Waals surface area contributed by atoms with Crippen LogP contribution in [-0.2, 0) is 9.53 Å². The normalized spacial score (nSPS) is 15.0. The van der Waals surface area contributed by atoms with Crippen LogP contribution in [0.25, 0.3) is 10.9 Å². The van der Waals surface area contributed by atoms with Gasteiger partial charge in [0.05, 0.1) is 16.1 Å². The number of anilines is 1. The summed E-state index contributed by atoms with van der Waals surface area (Å²) in [4.78, 5) is 33.3. The van der Waals surface area contributed by atoms with Crippen molar-refractivity contribution in [3.05, 3.63) is 68.4 Å². The summed E-state index contributed by atoms with van der Waals surface area (Å²) >= 11 is 9.82. The molecule has 1 amide bonds. The van der Waals surface area contributed by atoms with Crippen molar-refractivity contribution in [2.45, 2.75) is 71.1 Å². The fourth-order valence-electron chi connectivity index (χ4n) is 5.31. The molecule has 220 valence electrons. The quantitative estimate of drug-likeness (QED) is 0.213. The van der Waals surface area contributed by atoms with E-state index in [0.717, 1.165) is 41.8 Å². The Hall–Kier alpha value is -2.78. The van der Waals surface area contributed by atoms with Crippen LogP contribution in [0.15, 0.2) is 40.9 Å². The first-order chi connectivity index (χ1) is 19.7. The van der Waals surface area contributed by atoms with E-state index in [1.54, 1.807) is 13.0 Å². The highest BCUT2D eigenvalue weighted by Crippen LogP contribution is 2.33. The number of hydrogen-bond donors (Lipinski definition) is 1. The first kappa shape index (κ1) is 31.2. The number of amides is 1. The summed E-state index contributed by atoms with van der Waals surface area (Å²) in [5.74, 6) is -1.31. The molecule has 1 aromatic heterocycles. The van der Waals surface area contributed by atoms with Crippen molar-refractivity contribution in [1.29, 1.82) is 0 Å². The van der Waals surface area contributed by atoms with E-state index in [0.29, 0.717) is 28.5 Å². The number of rotatable bonds is 11. The Labute approximate surface area is 252 Å². The summed E-state index contributed by atoms with van der Waals surface area (Å²) in [6.45, 7) is 5.55. The summed E-state index contributed by atoms with van der Waals surface area (Å²) in [6.07, 6.45) is 2.38. The van der Waals surface area contributed by atoms with Crippen molar-refractivity contribution in [2.75, 3.05) is 24.5 Å². The molecule has 0 aliphatic carbocycles. The smallest absolute Gasteiger partial charge is 0.308 e. The van der Waals surface area contributed by atoms with Gasteiger partial charge in [-0.05, 0) is 68.9 Å². The Bertz CT molecular complexity index is 1400. The van der Waals surface area contributed by atoms with Crippen LogP contribution in [0.1, 0.15) is 79.3 Å². The van der Waals surface area contributed by atoms with Crippen LogP contribution in [0.4, 0.5) is 14.6 Å². The van der Waals surface area contributed by atoms with Crippen molar-refractivity contribution < 1.29 is 23.1 Å². The van der Waals surface area contributed by atoms with Gasteiger partial charge in [-0.25, -0.2) is 13.8 Å². The predicted octanol–water partition coefficient (Wildman–Crippen LogP) is 8.02. The van der Waals surface area contributed by atoms with Gasteiger partial charge in [0.25, 0.3) is 5.91 Å². The number of nitrogens with zero attached hydrogens (tertiary/aromatic N) is 2. The Balaban J connectivity index is 1.61. The van der Waals surface area contributed by atoms with E-state index in [2.05, 4.69) is 26.1 Å². The van der Waals surface area contributed by atoms with Gasteiger partial charge in [-0.15, -0.1) is 0 Å². The largest absolute Gasteiger partial charge is 0.431 e. The molecule has 0 bridgehead atoms. The molecule has 2 aromatic carbocycles. The lowest BCUT2D eigenvalue weighted by atomic mass is 9.93. The predicted molar refractivity (Wildman–Crippen MR) is 162 cm³/mol. The highest BCUT2D eigenvalue weighted by molar-refractivity contribution is 9.10. The van der Waals surface area contributed by atoms with Crippen LogP contribution >= 0.6 is 27.5 Å². The van der Waals surface area contributed by atoms with E-state index < -0.39 is 24.1 Å². The van der Waals surface area contributed by atoms with Gasteiger partial charge >= 0.3 is 5.97 Å². The van der Waals surface area contributed by atoms with E-state index in [1.807, 2.05) is 25.1 Å². The Morgan fingerprint density at radius 2 is 1.93 bits per heavy atom. The van der Waals surface area contributed by atoms with Gasteiger partial charge < -0.3 is 15.0 Å². The number of halogens is 4. The molecule has 1 fully saturated rings. The van der Waals surface area contributed by atoms with Crippen molar-refractivity contribution >= 4 is 56.1 Å². The minimum Gasteiger partial charge on any atom is -0.431 e. The minimum atomic E-state index is -1.67. The van der Waals surface area contributed by atoms with Gasteiger partial charge in [0.1, 0.15) is 11.6 Å². The Morgan fingerprint density at radius 1 is 1.17 bits per heavy atom. The molecule has 0 spiro atoms. The minimum absolute atomic E-state index is 0.0728. The molecular formula is C31H35BrClF2N3O3. The average Bonchev–Trinajstić information content (AvgIpc) is 2.95. The zero-order chi connectivity index (χ0) is 29.5. The number of aromatic nitrogens is 1. The number of carbonyl (C=O) groups excluding carboxylic acids is 2. The lowest BCUT2D eigenvalue weighted by molar-refractivity contribution is -0.158. The van der Waals surface area contributed by atoms with Crippen LogP contribution in [-0.4, -0.2) is 42.9 Å². The Kier molecular flexibility index (Phi) is 10.9. The molecule has 1 saturated heterocycles. The summed E-state index contributed by atoms with van der Waals surface area (Å²) in [5.41, 5.74) is 2.46. The average molecular weight is 651 g/mol. The number of esters is 1. The van der Waals surface area contributed by atoms with Gasteiger partial charge in [0, 0.05) is 53.8 Å². The molecule has 10 heteroatoms. The number of alkyl halides is 1. The third-order valence-electron chi connectivity index (χ3n) is 7.45. The standard InChI is InChI=1S/C31H35BrClF2N3O3/c1-3-8-26(35)41-27(39)14-11-20(22-9-7-10-24(34)29(22)33)18-36-31(40)28-19(2)30(38-15-5-4-6-16-38)37-25-13-12-21(32)17-23(25)28/h7,9-10,12-13,17,20,26H,3-6,8,11,14-16,18H2,1-2H3,(H,36,40). The SMILES string of the molecule is CCCC(F)OC(=O)CCC(CNC(=O)c1c(C)c(N2CCCCC2)nc2ccc(Br)cc12)c1cccc(F)c1Cl. The number of fused-ring (bicyclic) bond motifs is 1. The number of piperidine rings is 1. The van der Waals surface area contributed by atoms with Crippen molar-refractivity contribution in [3.63, 3.8) is 0 Å². The number of nitrogens with one attached hydrogen (secondary N) is 1. The molecule has 2 heterocycles. The number of ether oxygens (including phenoxy) is 1. The molecule has 0 saturated carbocycles. The van der Waals surface area contributed by atoms with E-state index in [1.165, 1.54) is 18.6 Å². The molecule has 41 heavy (non-hydrogen) atoms. The molecule has 3 aromatic rings. The molecule has 4 rings (SSSR count). The van der Waals surface area contributed by atoms with E-state index in [-0.39, 0.29) is 36.7 Å². The zero-order valence-electron chi connectivity index (χ0n) is 23.3. The first-order valence-electron chi connectivity index (χ1n) is 14.1. The lowest BCUT2D eigenvalue weighted by Gasteiger charge is -2.30. The van der Waals surface area contributed by atoms with Crippen LogP contribution in [0.5, 0.6) is 0 Å². The third kappa shape index (κ3) is 7.74. The molecule has 1 aliphatic rings. The van der Waals surface area contributed by atoms with Crippen molar-refractivity contribution in [1.82, 2.24) is 10.3 Å². The summed E-state index contributed by atoms with van der Waals surface area (Å²) in [5, 5.41) is 3.64. The second-order valence-electron chi connectivity index (χ2n) is 10.4. The second kappa shape index (κ2) is 14.4.